The number of pyridine rings is 1. The summed E-state index contributed by atoms with van der Waals surface area (Å²) in [5, 5.41) is 2.86. The minimum atomic E-state index is -0.395. The van der Waals surface area contributed by atoms with E-state index in [0.717, 1.165) is 0 Å². The molecule has 0 aliphatic rings. The molecular weight excluding hydrogens is 264 g/mol. The lowest BCUT2D eigenvalue weighted by atomic mass is 10.2. The van der Waals surface area contributed by atoms with Crippen molar-refractivity contribution in [2.75, 3.05) is 5.32 Å². The summed E-state index contributed by atoms with van der Waals surface area (Å²) < 4.78 is 0. The average molecular weight is 277 g/mol. The maximum atomic E-state index is 12.1. The van der Waals surface area contributed by atoms with Crippen molar-refractivity contribution in [1.29, 1.82) is 0 Å². The molecule has 0 saturated heterocycles. The number of nitrogens with zero attached hydrogens (tertiary/aromatic N) is 3. The summed E-state index contributed by atoms with van der Waals surface area (Å²) in [4.78, 5) is 24.4. The minimum absolute atomic E-state index is 0.124. The molecule has 0 bridgehead atoms. The van der Waals surface area contributed by atoms with Gasteiger partial charge in [0.2, 0.25) is 0 Å². The number of carbonyl (C=O) groups excluding carboxylic acids is 1. The van der Waals surface area contributed by atoms with Crippen molar-refractivity contribution in [2.45, 2.75) is 19.8 Å². The molecular formula is C13H13ClN4O. The van der Waals surface area contributed by atoms with Crippen LogP contribution in [-0.2, 0) is 0 Å². The highest BCUT2D eigenvalue weighted by molar-refractivity contribution is 6.33. The summed E-state index contributed by atoms with van der Waals surface area (Å²) in [5.74, 6) is 0.760. The van der Waals surface area contributed by atoms with E-state index in [1.165, 1.54) is 6.20 Å². The number of aromatic nitrogens is 3. The van der Waals surface area contributed by atoms with Crippen LogP contribution in [0, 0.1) is 0 Å². The van der Waals surface area contributed by atoms with E-state index in [-0.39, 0.29) is 16.6 Å². The molecule has 19 heavy (non-hydrogen) atoms. The SMILES string of the molecule is CC(C)c1ncc(Cl)c(C(=O)Nc2ccccn2)n1. The zero-order valence-corrected chi connectivity index (χ0v) is 11.3. The molecule has 0 aliphatic heterocycles. The number of anilines is 1. The Kier molecular flexibility index (Phi) is 4.06. The van der Waals surface area contributed by atoms with Gasteiger partial charge in [-0.3, -0.25) is 4.79 Å². The van der Waals surface area contributed by atoms with Gasteiger partial charge in [-0.05, 0) is 12.1 Å². The van der Waals surface area contributed by atoms with Gasteiger partial charge in [0.05, 0.1) is 11.2 Å². The second-order valence-electron chi connectivity index (χ2n) is 4.25. The minimum Gasteiger partial charge on any atom is -0.305 e. The van der Waals surface area contributed by atoms with Gasteiger partial charge in [-0.15, -0.1) is 0 Å². The normalized spacial score (nSPS) is 10.5. The van der Waals surface area contributed by atoms with Crippen LogP contribution in [0.25, 0.3) is 0 Å². The van der Waals surface area contributed by atoms with Crippen LogP contribution in [0.3, 0.4) is 0 Å². The lowest BCUT2D eigenvalue weighted by Gasteiger charge is -2.08. The fraction of sp³-hybridized carbons (Fsp3) is 0.231. The van der Waals surface area contributed by atoms with Crippen molar-refractivity contribution in [1.82, 2.24) is 15.0 Å². The molecule has 0 aromatic carbocycles. The van der Waals surface area contributed by atoms with Gasteiger partial charge in [0.15, 0.2) is 5.69 Å². The molecule has 5 nitrogen and oxygen atoms in total. The molecule has 1 N–H and O–H groups in total. The van der Waals surface area contributed by atoms with Crippen molar-refractivity contribution in [3.05, 3.63) is 47.1 Å². The first-order valence-corrected chi connectivity index (χ1v) is 6.20. The van der Waals surface area contributed by atoms with E-state index < -0.39 is 5.91 Å². The molecule has 2 rings (SSSR count). The number of halogens is 1. The Morgan fingerprint density at radius 2 is 2.11 bits per heavy atom. The molecule has 98 valence electrons. The molecule has 2 heterocycles. The smallest absolute Gasteiger partial charge is 0.277 e. The van der Waals surface area contributed by atoms with Crippen LogP contribution >= 0.6 is 11.6 Å². The molecule has 0 radical (unpaired) electrons. The van der Waals surface area contributed by atoms with Crippen LogP contribution in [-0.4, -0.2) is 20.9 Å². The summed E-state index contributed by atoms with van der Waals surface area (Å²) in [6.07, 6.45) is 3.04. The molecule has 2 aromatic heterocycles. The van der Waals surface area contributed by atoms with Gasteiger partial charge in [-0.1, -0.05) is 31.5 Å². The predicted octanol–water partition coefficient (Wildman–Crippen LogP) is 2.90. The number of amides is 1. The molecule has 2 aromatic rings. The van der Waals surface area contributed by atoms with Gasteiger partial charge < -0.3 is 5.32 Å². The maximum absolute atomic E-state index is 12.1. The van der Waals surface area contributed by atoms with Crippen LogP contribution in [0.2, 0.25) is 5.02 Å². The Bertz CT molecular complexity index is 586. The number of hydrogen-bond donors (Lipinski definition) is 1. The monoisotopic (exact) mass is 276 g/mol. The van der Waals surface area contributed by atoms with Gasteiger partial charge >= 0.3 is 0 Å². The van der Waals surface area contributed by atoms with E-state index in [2.05, 4.69) is 20.3 Å². The molecule has 0 aliphatic carbocycles. The fourth-order valence-corrected chi connectivity index (χ4v) is 1.61. The van der Waals surface area contributed by atoms with Gasteiger partial charge in [-0.25, -0.2) is 15.0 Å². The van der Waals surface area contributed by atoms with E-state index in [1.54, 1.807) is 24.4 Å². The topological polar surface area (TPSA) is 67.8 Å². The summed E-state index contributed by atoms with van der Waals surface area (Å²) >= 11 is 5.96. The standard InChI is InChI=1S/C13H13ClN4O/c1-8(2)12-16-7-9(14)11(18-12)13(19)17-10-5-3-4-6-15-10/h3-8H,1-2H3,(H,15,17,19). The third-order valence-corrected chi connectivity index (χ3v) is 2.68. The van der Waals surface area contributed by atoms with Crippen molar-refractivity contribution in [3.63, 3.8) is 0 Å². The van der Waals surface area contributed by atoms with Gasteiger partial charge in [0, 0.05) is 12.1 Å². The average Bonchev–Trinajstić information content (AvgIpc) is 2.40. The molecule has 0 fully saturated rings. The molecule has 6 heteroatoms. The molecule has 0 saturated carbocycles. The summed E-state index contributed by atoms with van der Waals surface area (Å²) in [6, 6.07) is 5.24. The van der Waals surface area contributed by atoms with Gasteiger partial charge in [0.1, 0.15) is 11.6 Å². The third kappa shape index (κ3) is 3.26. The quantitative estimate of drug-likeness (QED) is 0.936. The first-order valence-electron chi connectivity index (χ1n) is 5.82. The Morgan fingerprint density at radius 1 is 1.32 bits per heavy atom. The predicted molar refractivity (Wildman–Crippen MR) is 73.3 cm³/mol. The fourth-order valence-electron chi connectivity index (χ4n) is 1.43. The number of nitrogens with one attached hydrogen (secondary N) is 1. The number of rotatable bonds is 3. The van der Waals surface area contributed by atoms with Crippen LogP contribution in [0.5, 0.6) is 0 Å². The Labute approximate surface area is 116 Å². The maximum Gasteiger partial charge on any atom is 0.277 e. The highest BCUT2D eigenvalue weighted by Gasteiger charge is 2.15. The second-order valence-corrected chi connectivity index (χ2v) is 4.66. The van der Waals surface area contributed by atoms with E-state index in [1.807, 2.05) is 13.8 Å². The van der Waals surface area contributed by atoms with Crippen LogP contribution in [0.15, 0.2) is 30.6 Å². The van der Waals surface area contributed by atoms with E-state index in [0.29, 0.717) is 11.6 Å². The first-order chi connectivity index (χ1) is 9.08. The Hall–Kier alpha value is -2.01. The largest absolute Gasteiger partial charge is 0.305 e. The van der Waals surface area contributed by atoms with Crippen molar-refractivity contribution in [2.24, 2.45) is 0 Å². The van der Waals surface area contributed by atoms with E-state index >= 15 is 0 Å². The van der Waals surface area contributed by atoms with Crippen molar-refractivity contribution >= 4 is 23.3 Å². The molecule has 0 atom stereocenters. The van der Waals surface area contributed by atoms with Crippen LogP contribution in [0.4, 0.5) is 5.82 Å². The Balaban J connectivity index is 2.26. The second kappa shape index (κ2) is 5.75. The van der Waals surface area contributed by atoms with Crippen LogP contribution < -0.4 is 5.32 Å². The zero-order valence-electron chi connectivity index (χ0n) is 10.6. The van der Waals surface area contributed by atoms with Gasteiger partial charge in [0.25, 0.3) is 5.91 Å². The number of carbonyl (C=O) groups is 1. The Morgan fingerprint density at radius 3 is 2.74 bits per heavy atom. The summed E-state index contributed by atoms with van der Waals surface area (Å²) in [6.45, 7) is 3.90. The van der Waals surface area contributed by atoms with Gasteiger partial charge in [-0.2, -0.15) is 0 Å². The first kappa shape index (κ1) is 13.4. The lowest BCUT2D eigenvalue weighted by Crippen LogP contribution is -2.16. The third-order valence-electron chi connectivity index (χ3n) is 2.40. The zero-order chi connectivity index (χ0) is 13.8. The highest BCUT2D eigenvalue weighted by atomic mass is 35.5. The van der Waals surface area contributed by atoms with Crippen molar-refractivity contribution < 1.29 is 4.79 Å². The molecule has 1 amide bonds. The lowest BCUT2D eigenvalue weighted by molar-refractivity contribution is 0.102. The van der Waals surface area contributed by atoms with E-state index in [4.69, 9.17) is 11.6 Å². The highest BCUT2D eigenvalue weighted by Crippen LogP contribution is 2.17. The van der Waals surface area contributed by atoms with E-state index in [9.17, 15) is 4.79 Å². The number of hydrogen-bond acceptors (Lipinski definition) is 4. The van der Waals surface area contributed by atoms with Crippen LogP contribution in [0.1, 0.15) is 36.1 Å². The van der Waals surface area contributed by atoms with Crippen molar-refractivity contribution in [3.8, 4) is 0 Å². The summed E-state index contributed by atoms with van der Waals surface area (Å²) in [5.41, 5.74) is 0.158. The summed E-state index contributed by atoms with van der Waals surface area (Å²) in [7, 11) is 0. The molecule has 0 spiro atoms. The molecule has 0 unspecified atom stereocenters.